The Bertz CT molecular complexity index is 760. The molecule has 1 aliphatic rings. The topological polar surface area (TPSA) is 57.2 Å². The predicted molar refractivity (Wildman–Crippen MR) is 115 cm³/mol. The van der Waals surface area contributed by atoms with Gasteiger partial charge < -0.3 is 23.7 Å². The molecule has 4 atom stereocenters. The lowest BCUT2D eigenvalue weighted by atomic mass is 10.1. The van der Waals surface area contributed by atoms with Crippen LogP contribution in [0.3, 0.4) is 0 Å². The van der Waals surface area contributed by atoms with E-state index in [0.717, 1.165) is 5.75 Å². The number of para-hydroxylation sites is 2. The molecule has 29 heavy (non-hydrogen) atoms. The first-order valence-corrected chi connectivity index (χ1v) is 13.0. The molecule has 1 N–H and O–H groups in total. The number of aliphatic hydroxyl groups is 1. The summed E-state index contributed by atoms with van der Waals surface area (Å²) in [6, 6.07) is 19.0. The molecule has 0 amide bonds. The standard InChI is InChI=1S/C23H32O5Si/c1-23(2,3)29(4,5)28-20-16-19(25-17-12-8-6-9-13-17)21(22(24)27-20)26-18-14-10-7-11-15-18/h6-15,19-22,24H,16H2,1-5H3. The summed E-state index contributed by atoms with van der Waals surface area (Å²) in [5, 5.41) is 10.8. The zero-order valence-corrected chi connectivity index (χ0v) is 18.9. The summed E-state index contributed by atoms with van der Waals surface area (Å²) in [6.07, 6.45) is -2.33. The summed E-state index contributed by atoms with van der Waals surface area (Å²) >= 11 is 0. The highest BCUT2D eigenvalue weighted by Crippen LogP contribution is 2.39. The van der Waals surface area contributed by atoms with Gasteiger partial charge in [-0.1, -0.05) is 57.2 Å². The molecule has 0 aromatic heterocycles. The second-order valence-electron chi connectivity index (χ2n) is 8.93. The fourth-order valence-corrected chi connectivity index (χ4v) is 4.12. The Morgan fingerprint density at radius 2 is 1.41 bits per heavy atom. The van der Waals surface area contributed by atoms with Gasteiger partial charge in [0.2, 0.25) is 0 Å². The van der Waals surface area contributed by atoms with Gasteiger partial charge >= 0.3 is 0 Å². The van der Waals surface area contributed by atoms with Crippen LogP contribution in [-0.4, -0.2) is 38.2 Å². The Kier molecular flexibility index (Phi) is 6.68. The lowest BCUT2D eigenvalue weighted by Gasteiger charge is -2.44. The van der Waals surface area contributed by atoms with E-state index in [9.17, 15) is 5.11 Å². The summed E-state index contributed by atoms with van der Waals surface area (Å²) in [5.41, 5.74) is 0. The van der Waals surface area contributed by atoms with Crippen molar-refractivity contribution in [2.24, 2.45) is 0 Å². The maximum atomic E-state index is 10.8. The first-order valence-electron chi connectivity index (χ1n) is 10.1. The van der Waals surface area contributed by atoms with Gasteiger partial charge in [-0.2, -0.15) is 0 Å². The molecule has 4 unspecified atom stereocenters. The summed E-state index contributed by atoms with van der Waals surface area (Å²) in [5.74, 6) is 1.38. The first kappa shape index (κ1) is 21.8. The minimum Gasteiger partial charge on any atom is -0.486 e. The van der Waals surface area contributed by atoms with Crippen LogP contribution in [0.2, 0.25) is 18.1 Å². The Labute approximate surface area is 174 Å². The molecular formula is C23H32O5Si. The van der Waals surface area contributed by atoms with Crippen LogP contribution in [0, 0.1) is 0 Å². The van der Waals surface area contributed by atoms with E-state index in [-0.39, 0.29) is 5.04 Å². The van der Waals surface area contributed by atoms with Crippen molar-refractivity contribution >= 4 is 8.32 Å². The molecule has 6 heteroatoms. The van der Waals surface area contributed by atoms with Crippen molar-refractivity contribution in [1.29, 1.82) is 0 Å². The van der Waals surface area contributed by atoms with Crippen molar-refractivity contribution < 1.29 is 23.7 Å². The molecule has 1 saturated heterocycles. The van der Waals surface area contributed by atoms with Crippen molar-refractivity contribution in [2.75, 3.05) is 0 Å². The normalized spacial score (nSPS) is 25.4. The molecule has 0 spiro atoms. The van der Waals surface area contributed by atoms with Gasteiger partial charge in [-0.15, -0.1) is 0 Å². The summed E-state index contributed by atoms with van der Waals surface area (Å²) in [4.78, 5) is 0. The van der Waals surface area contributed by atoms with Crippen LogP contribution in [0.1, 0.15) is 27.2 Å². The maximum Gasteiger partial charge on any atom is 0.198 e. The van der Waals surface area contributed by atoms with E-state index in [1.165, 1.54) is 0 Å². The summed E-state index contributed by atoms with van der Waals surface area (Å²) in [7, 11) is -2.07. The lowest BCUT2D eigenvalue weighted by molar-refractivity contribution is -0.279. The molecule has 0 bridgehead atoms. The average Bonchev–Trinajstić information content (AvgIpc) is 2.65. The average molecular weight is 417 g/mol. The fourth-order valence-electron chi connectivity index (χ4n) is 2.96. The molecule has 158 valence electrons. The van der Waals surface area contributed by atoms with Crippen molar-refractivity contribution in [1.82, 2.24) is 0 Å². The number of aliphatic hydroxyl groups excluding tert-OH is 1. The van der Waals surface area contributed by atoms with Crippen LogP contribution in [0.25, 0.3) is 0 Å². The molecule has 5 nitrogen and oxygen atoms in total. The van der Waals surface area contributed by atoms with Crippen LogP contribution in [0.15, 0.2) is 60.7 Å². The quantitative estimate of drug-likeness (QED) is 0.674. The highest BCUT2D eigenvalue weighted by atomic mass is 28.4. The monoisotopic (exact) mass is 416 g/mol. The second-order valence-corrected chi connectivity index (χ2v) is 13.7. The number of hydrogen-bond donors (Lipinski definition) is 1. The van der Waals surface area contributed by atoms with Crippen LogP contribution in [-0.2, 0) is 9.16 Å². The zero-order chi connectivity index (χ0) is 21.1. The highest BCUT2D eigenvalue weighted by molar-refractivity contribution is 6.74. The Hall–Kier alpha value is -1.86. The van der Waals surface area contributed by atoms with E-state index < -0.39 is 33.1 Å². The largest absolute Gasteiger partial charge is 0.486 e. The second kappa shape index (κ2) is 8.88. The molecule has 0 saturated carbocycles. The van der Waals surface area contributed by atoms with Crippen LogP contribution in [0.4, 0.5) is 0 Å². The van der Waals surface area contributed by atoms with Gasteiger partial charge in [-0.3, -0.25) is 0 Å². The molecule has 2 aromatic rings. The van der Waals surface area contributed by atoms with E-state index in [2.05, 4.69) is 33.9 Å². The predicted octanol–water partition coefficient (Wildman–Crippen LogP) is 4.97. The first-order chi connectivity index (χ1) is 13.7. The van der Waals surface area contributed by atoms with E-state index in [1.807, 2.05) is 60.7 Å². The third-order valence-electron chi connectivity index (χ3n) is 5.64. The zero-order valence-electron chi connectivity index (χ0n) is 17.9. The SMILES string of the molecule is CC(C)(C)[Si](C)(C)OC1CC(Oc2ccccc2)C(Oc2ccccc2)C(O)O1. The maximum absolute atomic E-state index is 10.8. The number of rotatable bonds is 6. The number of hydrogen-bond acceptors (Lipinski definition) is 5. The fraction of sp³-hybridized carbons (Fsp3) is 0.478. The molecule has 0 aliphatic carbocycles. The summed E-state index contributed by atoms with van der Waals surface area (Å²) < 4.78 is 24.5. The van der Waals surface area contributed by atoms with Gasteiger partial charge in [0, 0.05) is 6.42 Å². The van der Waals surface area contributed by atoms with Crippen LogP contribution >= 0.6 is 0 Å². The summed E-state index contributed by atoms with van der Waals surface area (Å²) in [6.45, 7) is 10.9. The van der Waals surface area contributed by atoms with Gasteiger partial charge in [0.15, 0.2) is 27.0 Å². The Morgan fingerprint density at radius 1 is 0.897 bits per heavy atom. The van der Waals surface area contributed by atoms with Crippen molar-refractivity contribution in [3.63, 3.8) is 0 Å². The molecule has 1 aliphatic heterocycles. The lowest BCUT2D eigenvalue weighted by Crippen LogP contribution is -2.56. The molecule has 0 radical (unpaired) electrons. The molecule has 3 rings (SSSR count). The highest BCUT2D eigenvalue weighted by Gasteiger charge is 2.46. The van der Waals surface area contributed by atoms with Crippen LogP contribution in [0.5, 0.6) is 11.5 Å². The molecular weight excluding hydrogens is 384 g/mol. The van der Waals surface area contributed by atoms with Gasteiger partial charge in [-0.05, 0) is 42.4 Å². The van der Waals surface area contributed by atoms with Crippen molar-refractivity contribution in [3.05, 3.63) is 60.7 Å². The van der Waals surface area contributed by atoms with E-state index in [0.29, 0.717) is 12.2 Å². The molecule has 1 heterocycles. The minimum absolute atomic E-state index is 0.0362. The third kappa shape index (κ3) is 5.60. The van der Waals surface area contributed by atoms with E-state index >= 15 is 0 Å². The van der Waals surface area contributed by atoms with Gasteiger partial charge in [0.1, 0.15) is 17.6 Å². The molecule has 2 aromatic carbocycles. The Balaban J connectivity index is 1.79. The van der Waals surface area contributed by atoms with E-state index in [1.54, 1.807) is 0 Å². The van der Waals surface area contributed by atoms with Crippen molar-refractivity contribution in [3.8, 4) is 11.5 Å². The minimum atomic E-state index is -2.07. The van der Waals surface area contributed by atoms with Crippen molar-refractivity contribution in [2.45, 2.75) is 70.1 Å². The van der Waals surface area contributed by atoms with E-state index in [4.69, 9.17) is 18.6 Å². The van der Waals surface area contributed by atoms with Gasteiger partial charge in [0.25, 0.3) is 0 Å². The van der Waals surface area contributed by atoms with Gasteiger partial charge in [-0.25, -0.2) is 0 Å². The Morgan fingerprint density at radius 3 is 1.93 bits per heavy atom. The smallest absolute Gasteiger partial charge is 0.198 e. The molecule has 1 fully saturated rings. The number of benzene rings is 2. The van der Waals surface area contributed by atoms with Gasteiger partial charge in [0.05, 0.1) is 0 Å². The number of ether oxygens (including phenoxy) is 3. The van der Waals surface area contributed by atoms with Crippen LogP contribution < -0.4 is 9.47 Å². The third-order valence-corrected chi connectivity index (χ3v) is 10.1.